The SMILES string of the molecule is C1=CC(C2=CC3c4cc([Si](c5ccccc5)(c5ccccc5)c5ccc(-c6ccccc6)cc5)ccc4N(c4ccccc4)C3C=C2)=CCC1. The Balaban J connectivity index is 1.27. The zero-order valence-corrected chi connectivity index (χ0v) is 29.1. The van der Waals surface area contributed by atoms with Gasteiger partial charge in [-0.2, -0.15) is 0 Å². The van der Waals surface area contributed by atoms with Crippen molar-refractivity contribution in [2.24, 2.45) is 0 Å². The highest BCUT2D eigenvalue weighted by Gasteiger charge is 2.44. The molecule has 0 saturated carbocycles. The van der Waals surface area contributed by atoms with Gasteiger partial charge in [-0.05, 0) is 79.6 Å². The van der Waals surface area contributed by atoms with Crippen LogP contribution in [0.15, 0.2) is 211 Å². The minimum absolute atomic E-state index is 0.217. The molecule has 0 aromatic heterocycles. The van der Waals surface area contributed by atoms with Gasteiger partial charge >= 0.3 is 0 Å². The molecule has 50 heavy (non-hydrogen) atoms. The zero-order valence-electron chi connectivity index (χ0n) is 28.1. The van der Waals surface area contributed by atoms with Crippen LogP contribution < -0.4 is 25.6 Å². The maximum Gasteiger partial charge on any atom is 0.179 e. The van der Waals surface area contributed by atoms with Gasteiger partial charge in [0.05, 0.1) is 6.04 Å². The van der Waals surface area contributed by atoms with Crippen LogP contribution >= 0.6 is 0 Å². The van der Waals surface area contributed by atoms with Crippen molar-refractivity contribution in [3.8, 4) is 11.1 Å². The summed E-state index contributed by atoms with van der Waals surface area (Å²) in [4.78, 5) is 2.56. The van der Waals surface area contributed by atoms with E-state index in [4.69, 9.17) is 0 Å². The molecule has 6 aromatic rings. The summed E-state index contributed by atoms with van der Waals surface area (Å²) >= 11 is 0. The Labute approximate surface area is 296 Å². The number of benzene rings is 6. The predicted molar refractivity (Wildman–Crippen MR) is 214 cm³/mol. The maximum absolute atomic E-state index is 2.75. The van der Waals surface area contributed by atoms with Crippen molar-refractivity contribution >= 4 is 40.2 Å². The first kappa shape index (κ1) is 30.4. The summed E-state index contributed by atoms with van der Waals surface area (Å²) in [5.41, 5.74) is 9.10. The fraction of sp³-hybridized carbons (Fsp3) is 0.0833. The monoisotopic (exact) mass is 657 g/mol. The quantitative estimate of drug-likeness (QED) is 0.122. The smallest absolute Gasteiger partial charge is 0.179 e. The normalized spacial score (nSPS) is 17.9. The standard InChI is InChI=1S/C48H39NSi/c1-6-16-36(17-7-1)38-26-29-43(30-27-38)50(41-22-12-4-13-23-41,42-24-14-5-15-25-42)44-31-33-48-46(35-44)45-34-39(37-18-8-2-9-19-37)28-32-47(45)49(48)40-20-10-3-11-21-40/h1,3-8,10-35,45,47H,2,9H2. The summed E-state index contributed by atoms with van der Waals surface area (Å²) < 4.78 is 0. The molecule has 1 aliphatic heterocycles. The van der Waals surface area contributed by atoms with Crippen LogP contribution in [0.25, 0.3) is 11.1 Å². The van der Waals surface area contributed by atoms with Crippen molar-refractivity contribution in [3.05, 3.63) is 217 Å². The highest BCUT2D eigenvalue weighted by atomic mass is 28.3. The number of para-hydroxylation sites is 1. The van der Waals surface area contributed by atoms with Gasteiger partial charge in [0.15, 0.2) is 8.07 Å². The summed E-state index contributed by atoms with van der Waals surface area (Å²) in [6.45, 7) is 0. The highest BCUT2D eigenvalue weighted by Crippen LogP contribution is 2.48. The van der Waals surface area contributed by atoms with Crippen molar-refractivity contribution in [1.82, 2.24) is 0 Å². The Bertz CT molecular complexity index is 2210. The molecular weight excluding hydrogens is 619 g/mol. The van der Waals surface area contributed by atoms with Gasteiger partial charge < -0.3 is 4.90 Å². The Morgan fingerprint density at radius 1 is 0.500 bits per heavy atom. The minimum atomic E-state index is -2.75. The number of anilines is 2. The zero-order chi connectivity index (χ0) is 33.3. The molecule has 2 atom stereocenters. The van der Waals surface area contributed by atoms with E-state index in [0.717, 1.165) is 12.8 Å². The molecule has 0 N–H and O–H groups in total. The van der Waals surface area contributed by atoms with Crippen LogP contribution in [0.2, 0.25) is 0 Å². The second-order valence-electron chi connectivity index (χ2n) is 13.5. The summed E-state index contributed by atoms with van der Waals surface area (Å²) in [6, 6.07) is 61.4. The number of rotatable bonds is 7. The maximum atomic E-state index is 2.59. The van der Waals surface area contributed by atoms with Crippen molar-refractivity contribution in [2.45, 2.75) is 24.8 Å². The average molecular weight is 658 g/mol. The van der Waals surface area contributed by atoms with Crippen LogP contribution in [-0.2, 0) is 0 Å². The van der Waals surface area contributed by atoms with Gasteiger partial charge in [0, 0.05) is 17.3 Å². The summed E-state index contributed by atoms with van der Waals surface area (Å²) in [6.07, 6.45) is 16.6. The number of hydrogen-bond acceptors (Lipinski definition) is 1. The molecule has 2 aliphatic carbocycles. The molecule has 3 aliphatic rings. The highest BCUT2D eigenvalue weighted by molar-refractivity contribution is 7.19. The van der Waals surface area contributed by atoms with Crippen LogP contribution in [-0.4, -0.2) is 14.1 Å². The van der Waals surface area contributed by atoms with Crippen LogP contribution in [0, 0.1) is 0 Å². The molecule has 0 amide bonds. The third-order valence-electron chi connectivity index (χ3n) is 10.8. The molecule has 1 heterocycles. The molecule has 2 unspecified atom stereocenters. The molecule has 9 rings (SSSR count). The van der Waals surface area contributed by atoms with Crippen LogP contribution in [0.4, 0.5) is 11.4 Å². The second-order valence-corrected chi connectivity index (χ2v) is 17.4. The first-order chi connectivity index (χ1) is 24.8. The lowest BCUT2D eigenvalue weighted by atomic mass is 9.85. The fourth-order valence-electron chi connectivity index (χ4n) is 8.46. The van der Waals surface area contributed by atoms with E-state index in [-0.39, 0.29) is 12.0 Å². The van der Waals surface area contributed by atoms with E-state index < -0.39 is 8.07 Å². The van der Waals surface area contributed by atoms with Gasteiger partial charge in [-0.1, -0.05) is 182 Å². The van der Waals surface area contributed by atoms with Crippen LogP contribution in [0.5, 0.6) is 0 Å². The molecule has 240 valence electrons. The number of fused-ring (bicyclic) bond motifs is 3. The average Bonchev–Trinajstić information content (AvgIpc) is 3.53. The first-order valence-corrected chi connectivity index (χ1v) is 19.8. The molecule has 6 aromatic carbocycles. The fourth-order valence-corrected chi connectivity index (χ4v) is 13.2. The Morgan fingerprint density at radius 2 is 1.08 bits per heavy atom. The third kappa shape index (κ3) is 5.15. The number of hydrogen-bond donors (Lipinski definition) is 0. The van der Waals surface area contributed by atoms with E-state index in [9.17, 15) is 0 Å². The molecule has 0 radical (unpaired) electrons. The lowest BCUT2D eigenvalue weighted by Gasteiger charge is -2.35. The van der Waals surface area contributed by atoms with E-state index in [2.05, 4.69) is 205 Å². The van der Waals surface area contributed by atoms with E-state index in [1.165, 1.54) is 60.0 Å². The minimum Gasteiger partial charge on any atom is -0.333 e. The molecule has 0 saturated heterocycles. The topological polar surface area (TPSA) is 3.24 Å². The van der Waals surface area contributed by atoms with Gasteiger partial charge in [0.1, 0.15) is 0 Å². The van der Waals surface area contributed by atoms with Gasteiger partial charge in [-0.15, -0.1) is 0 Å². The van der Waals surface area contributed by atoms with Gasteiger partial charge in [-0.25, -0.2) is 0 Å². The van der Waals surface area contributed by atoms with Crippen molar-refractivity contribution in [2.75, 3.05) is 4.90 Å². The van der Waals surface area contributed by atoms with Gasteiger partial charge in [-0.3, -0.25) is 0 Å². The van der Waals surface area contributed by atoms with E-state index in [1.807, 2.05) is 0 Å². The molecular formula is C48H39NSi. The second kappa shape index (κ2) is 13.0. The van der Waals surface area contributed by atoms with E-state index in [0.29, 0.717) is 0 Å². The van der Waals surface area contributed by atoms with Gasteiger partial charge in [0.25, 0.3) is 0 Å². The largest absolute Gasteiger partial charge is 0.333 e. The Hall–Kier alpha value is -5.70. The lowest BCUT2D eigenvalue weighted by Crippen LogP contribution is -2.74. The Morgan fingerprint density at radius 3 is 1.72 bits per heavy atom. The first-order valence-electron chi connectivity index (χ1n) is 17.8. The molecule has 0 spiro atoms. The number of nitrogens with zero attached hydrogens (tertiary/aromatic N) is 1. The van der Waals surface area contributed by atoms with Crippen molar-refractivity contribution in [3.63, 3.8) is 0 Å². The molecule has 2 heteroatoms. The molecule has 1 nitrogen and oxygen atoms in total. The van der Waals surface area contributed by atoms with E-state index >= 15 is 0 Å². The van der Waals surface area contributed by atoms with Crippen LogP contribution in [0.3, 0.4) is 0 Å². The summed E-state index contributed by atoms with van der Waals surface area (Å²) in [5.74, 6) is 0.236. The van der Waals surface area contributed by atoms with E-state index in [1.54, 1.807) is 0 Å². The third-order valence-corrected chi connectivity index (χ3v) is 15.6. The molecule has 0 bridgehead atoms. The molecule has 0 fully saturated rings. The predicted octanol–water partition coefficient (Wildman–Crippen LogP) is 9.11. The summed E-state index contributed by atoms with van der Waals surface area (Å²) in [7, 11) is -2.75. The summed E-state index contributed by atoms with van der Waals surface area (Å²) in [5, 5.41) is 5.59. The van der Waals surface area contributed by atoms with Crippen molar-refractivity contribution < 1.29 is 0 Å². The van der Waals surface area contributed by atoms with Gasteiger partial charge in [0.2, 0.25) is 0 Å². The lowest BCUT2D eigenvalue weighted by molar-refractivity contribution is 0.740. The number of allylic oxidation sites excluding steroid dienone is 6. The van der Waals surface area contributed by atoms with Crippen LogP contribution in [0.1, 0.15) is 24.3 Å². The Kier molecular flexibility index (Phi) is 7.87. The van der Waals surface area contributed by atoms with Crippen molar-refractivity contribution in [1.29, 1.82) is 0 Å².